The van der Waals surface area contributed by atoms with E-state index >= 15 is 0 Å². The van der Waals surface area contributed by atoms with Crippen molar-refractivity contribution in [1.29, 1.82) is 0 Å². The summed E-state index contributed by atoms with van der Waals surface area (Å²) in [7, 11) is 2.02. The summed E-state index contributed by atoms with van der Waals surface area (Å²) in [6.07, 6.45) is 0. The minimum absolute atomic E-state index is 0.192. The Hall–Kier alpha value is -0.0800. The van der Waals surface area contributed by atoms with Gasteiger partial charge in [0.1, 0.15) is 0 Å². The van der Waals surface area contributed by atoms with Gasteiger partial charge in [-0.2, -0.15) is 0 Å². The molecule has 1 N–H and O–H groups in total. The normalized spacial score (nSPS) is 12.7. The number of hydrazine groups is 1. The Balaban J connectivity index is 3.59. The van der Waals surface area contributed by atoms with Crippen molar-refractivity contribution in [2.24, 2.45) is 0 Å². The average Bonchev–Trinajstić information content (AvgIpc) is 1.64. The third kappa shape index (κ3) is 3.49. The molecule has 2 nitrogen and oxygen atoms in total. The zero-order valence-corrected chi connectivity index (χ0v) is 6.86. The van der Waals surface area contributed by atoms with Crippen LogP contribution in [0.2, 0.25) is 0 Å². The van der Waals surface area contributed by atoms with Crippen LogP contribution in [-0.4, -0.2) is 24.1 Å². The van der Waals surface area contributed by atoms with Gasteiger partial charge in [0.2, 0.25) is 0 Å². The van der Waals surface area contributed by atoms with Gasteiger partial charge in [0.15, 0.2) is 0 Å². The van der Waals surface area contributed by atoms with E-state index in [0.717, 1.165) is 6.54 Å². The molecule has 0 aromatic rings. The number of nitrogens with one attached hydrogen (secondary N) is 1. The van der Waals surface area contributed by atoms with Gasteiger partial charge < -0.3 is 0 Å². The first-order valence-electron chi connectivity index (χ1n) is 3.25. The largest absolute Gasteiger partial charge is 0.255 e. The third-order valence-electron chi connectivity index (χ3n) is 1.36. The molecule has 0 saturated carbocycles. The molecule has 0 aliphatic heterocycles. The van der Waals surface area contributed by atoms with Gasteiger partial charge in [-0.15, -0.1) is 0 Å². The molecule has 0 aliphatic carbocycles. The molecule has 0 heterocycles. The first kappa shape index (κ1) is 8.92. The highest BCUT2D eigenvalue weighted by atomic mass is 15.5. The quantitative estimate of drug-likeness (QED) is 0.561. The van der Waals surface area contributed by atoms with E-state index in [-0.39, 0.29) is 5.54 Å². The lowest BCUT2D eigenvalue weighted by molar-refractivity contribution is 0.114. The van der Waals surface area contributed by atoms with E-state index in [2.05, 4.69) is 38.1 Å². The molecule has 0 amide bonds. The Morgan fingerprint density at radius 2 is 1.89 bits per heavy atom. The fraction of sp³-hybridized carbons (Fsp3) is 0.857. The first-order valence-corrected chi connectivity index (χ1v) is 3.25. The maximum atomic E-state index is 3.69. The Kier molecular flexibility index (Phi) is 3.15. The number of nitrogens with zero attached hydrogens (tertiary/aromatic N) is 1. The van der Waals surface area contributed by atoms with Crippen molar-refractivity contribution in [3.05, 3.63) is 6.92 Å². The molecule has 0 unspecified atom stereocenters. The third-order valence-corrected chi connectivity index (χ3v) is 1.36. The minimum atomic E-state index is 0.192. The van der Waals surface area contributed by atoms with Crippen LogP contribution in [0.4, 0.5) is 0 Å². The number of hydrogen-bond acceptors (Lipinski definition) is 2. The van der Waals surface area contributed by atoms with Gasteiger partial charge >= 0.3 is 0 Å². The van der Waals surface area contributed by atoms with Gasteiger partial charge in [0.05, 0.1) is 0 Å². The van der Waals surface area contributed by atoms with Gasteiger partial charge in [-0.3, -0.25) is 5.43 Å². The first-order chi connectivity index (χ1) is 3.98. The standard InChI is InChI=1S/C7H17N2/c1-6-8-9(5)7(2,3)4/h8H,1,6H2,2-5H3. The van der Waals surface area contributed by atoms with Gasteiger partial charge in [0.25, 0.3) is 0 Å². The smallest absolute Gasteiger partial charge is 0.0266 e. The van der Waals surface area contributed by atoms with E-state index in [1.807, 2.05) is 7.05 Å². The van der Waals surface area contributed by atoms with Crippen molar-refractivity contribution in [2.45, 2.75) is 26.3 Å². The van der Waals surface area contributed by atoms with Crippen molar-refractivity contribution in [2.75, 3.05) is 13.6 Å². The Morgan fingerprint density at radius 1 is 1.44 bits per heavy atom. The van der Waals surface area contributed by atoms with Crippen molar-refractivity contribution in [3.8, 4) is 0 Å². The van der Waals surface area contributed by atoms with Gasteiger partial charge in [-0.25, -0.2) is 5.01 Å². The monoisotopic (exact) mass is 129 g/mol. The number of hydrogen-bond donors (Lipinski definition) is 1. The fourth-order valence-electron chi connectivity index (χ4n) is 0.405. The summed E-state index contributed by atoms with van der Waals surface area (Å²) in [5.74, 6) is 0. The van der Waals surface area contributed by atoms with Crippen LogP contribution >= 0.6 is 0 Å². The summed E-state index contributed by atoms with van der Waals surface area (Å²) in [4.78, 5) is 0. The molecule has 0 atom stereocenters. The maximum absolute atomic E-state index is 3.69. The molecule has 0 aliphatic rings. The summed E-state index contributed by atoms with van der Waals surface area (Å²) in [6, 6.07) is 0. The van der Waals surface area contributed by atoms with Crippen LogP contribution in [0, 0.1) is 6.92 Å². The second-order valence-electron chi connectivity index (χ2n) is 3.14. The summed E-state index contributed by atoms with van der Waals surface area (Å²) >= 11 is 0. The molecule has 2 heteroatoms. The van der Waals surface area contributed by atoms with Crippen molar-refractivity contribution in [3.63, 3.8) is 0 Å². The topological polar surface area (TPSA) is 15.3 Å². The zero-order valence-electron chi connectivity index (χ0n) is 6.86. The Bertz CT molecular complexity index is 73.5. The zero-order chi connectivity index (χ0) is 7.49. The highest BCUT2D eigenvalue weighted by Gasteiger charge is 2.14. The molecule has 1 radical (unpaired) electrons. The molecule has 0 aromatic heterocycles. The molecule has 9 heavy (non-hydrogen) atoms. The van der Waals surface area contributed by atoms with Crippen LogP contribution in [-0.2, 0) is 0 Å². The van der Waals surface area contributed by atoms with Gasteiger partial charge in [-0.05, 0) is 27.7 Å². The van der Waals surface area contributed by atoms with Crippen molar-refractivity contribution < 1.29 is 0 Å². The lowest BCUT2D eigenvalue weighted by atomic mass is 10.1. The molecule has 0 bridgehead atoms. The number of rotatable bonds is 2. The highest BCUT2D eigenvalue weighted by Crippen LogP contribution is 2.05. The molecule has 0 fully saturated rings. The van der Waals surface area contributed by atoms with E-state index in [4.69, 9.17) is 0 Å². The Labute approximate surface area is 58.2 Å². The molecule has 0 rings (SSSR count). The van der Waals surface area contributed by atoms with Crippen LogP contribution in [0.3, 0.4) is 0 Å². The maximum Gasteiger partial charge on any atom is 0.0266 e. The Morgan fingerprint density at radius 3 is 2.00 bits per heavy atom. The van der Waals surface area contributed by atoms with E-state index in [9.17, 15) is 0 Å². The molecule has 55 valence electrons. The van der Waals surface area contributed by atoms with E-state index < -0.39 is 0 Å². The fourth-order valence-corrected chi connectivity index (χ4v) is 0.405. The van der Waals surface area contributed by atoms with E-state index in [1.54, 1.807) is 0 Å². The van der Waals surface area contributed by atoms with Crippen LogP contribution < -0.4 is 5.43 Å². The van der Waals surface area contributed by atoms with Crippen molar-refractivity contribution >= 4 is 0 Å². The summed E-state index contributed by atoms with van der Waals surface area (Å²) < 4.78 is 0. The van der Waals surface area contributed by atoms with Crippen LogP contribution in [0.1, 0.15) is 20.8 Å². The second-order valence-corrected chi connectivity index (χ2v) is 3.14. The summed E-state index contributed by atoms with van der Waals surface area (Å²) in [5.41, 5.74) is 3.30. The molecular weight excluding hydrogens is 112 g/mol. The summed E-state index contributed by atoms with van der Waals surface area (Å²) in [6.45, 7) is 10.9. The predicted molar refractivity (Wildman–Crippen MR) is 40.9 cm³/mol. The molecule has 0 saturated heterocycles. The van der Waals surface area contributed by atoms with E-state index in [1.165, 1.54) is 0 Å². The summed E-state index contributed by atoms with van der Waals surface area (Å²) in [5, 5.41) is 2.06. The van der Waals surface area contributed by atoms with Crippen LogP contribution in [0.5, 0.6) is 0 Å². The van der Waals surface area contributed by atoms with Crippen LogP contribution in [0.15, 0.2) is 0 Å². The minimum Gasteiger partial charge on any atom is -0.255 e. The molecule has 0 aromatic carbocycles. The lowest BCUT2D eigenvalue weighted by Crippen LogP contribution is -2.47. The van der Waals surface area contributed by atoms with Gasteiger partial charge in [-0.1, -0.05) is 0 Å². The second kappa shape index (κ2) is 3.18. The van der Waals surface area contributed by atoms with Crippen LogP contribution in [0.25, 0.3) is 0 Å². The highest BCUT2D eigenvalue weighted by molar-refractivity contribution is 4.69. The van der Waals surface area contributed by atoms with E-state index in [0.29, 0.717) is 0 Å². The lowest BCUT2D eigenvalue weighted by Gasteiger charge is -2.31. The molecular formula is C7H17N2. The van der Waals surface area contributed by atoms with Crippen molar-refractivity contribution in [1.82, 2.24) is 10.4 Å². The molecule has 0 spiro atoms. The van der Waals surface area contributed by atoms with Gasteiger partial charge in [0, 0.05) is 19.1 Å². The SMILES string of the molecule is [CH2]CNN(C)C(C)(C)C. The predicted octanol–water partition coefficient (Wildman–Crippen LogP) is 1.06. The average molecular weight is 129 g/mol.